The molecule has 0 atom stereocenters. The predicted molar refractivity (Wildman–Crippen MR) is 161 cm³/mol. The van der Waals surface area contributed by atoms with Gasteiger partial charge >= 0.3 is 0 Å². The lowest BCUT2D eigenvalue weighted by molar-refractivity contribution is 0.490. The number of anilines is 3. The molecule has 4 aromatic carbocycles. The van der Waals surface area contributed by atoms with Gasteiger partial charge in [-0.25, -0.2) is 0 Å². The molecule has 0 aliphatic heterocycles. The summed E-state index contributed by atoms with van der Waals surface area (Å²) >= 11 is 0. The number of benzene rings is 4. The Bertz CT molecular complexity index is 1530. The zero-order valence-corrected chi connectivity index (χ0v) is 22.7. The first-order chi connectivity index (χ1) is 18.5. The molecule has 0 amide bonds. The lowest BCUT2D eigenvalue weighted by Crippen LogP contribution is -2.23. The topological polar surface area (TPSA) is 16.1 Å². The van der Waals surface area contributed by atoms with Crippen LogP contribution in [-0.4, -0.2) is 4.98 Å². The summed E-state index contributed by atoms with van der Waals surface area (Å²) in [4.78, 5) is 7.02. The SMILES string of the molecule is CCC1(CC)c2cc(-c3ccccn3)ccc2-c2ccc(N(c3ccc(C)cc3)c3ccc(C)cc3)cc21. The highest BCUT2D eigenvalue weighted by atomic mass is 15.1. The molecule has 1 aliphatic rings. The van der Waals surface area contributed by atoms with E-state index in [4.69, 9.17) is 0 Å². The normalized spacial score (nSPS) is 13.2. The average molecular weight is 495 g/mol. The molecule has 1 aliphatic carbocycles. The molecule has 0 spiro atoms. The van der Waals surface area contributed by atoms with Crippen LogP contribution in [0.5, 0.6) is 0 Å². The highest BCUT2D eigenvalue weighted by molar-refractivity contribution is 5.87. The Morgan fingerprint density at radius 1 is 0.605 bits per heavy atom. The molecule has 0 unspecified atom stereocenters. The van der Waals surface area contributed by atoms with Gasteiger partial charge in [0.05, 0.1) is 5.69 Å². The fraction of sp³-hybridized carbons (Fsp3) is 0.194. The third-order valence-electron chi connectivity index (χ3n) is 8.35. The first-order valence-corrected chi connectivity index (χ1v) is 13.7. The van der Waals surface area contributed by atoms with Crippen molar-refractivity contribution in [3.63, 3.8) is 0 Å². The van der Waals surface area contributed by atoms with E-state index in [1.54, 1.807) is 0 Å². The average Bonchev–Trinajstić information content (AvgIpc) is 3.24. The first kappa shape index (κ1) is 24.2. The summed E-state index contributed by atoms with van der Waals surface area (Å²) in [5, 5.41) is 0. The zero-order chi connectivity index (χ0) is 26.3. The summed E-state index contributed by atoms with van der Waals surface area (Å²) in [6.45, 7) is 8.95. The van der Waals surface area contributed by atoms with Gasteiger partial charge < -0.3 is 4.90 Å². The minimum Gasteiger partial charge on any atom is -0.310 e. The van der Waals surface area contributed by atoms with Crippen LogP contribution in [0.25, 0.3) is 22.4 Å². The van der Waals surface area contributed by atoms with Crippen molar-refractivity contribution in [1.82, 2.24) is 4.98 Å². The van der Waals surface area contributed by atoms with E-state index in [0.29, 0.717) is 0 Å². The number of nitrogens with zero attached hydrogens (tertiary/aromatic N) is 2. The molecular formula is C36H34N2. The number of rotatable bonds is 6. The van der Waals surface area contributed by atoms with Crippen molar-refractivity contribution in [2.45, 2.75) is 46.0 Å². The molecule has 1 heterocycles. The zero-order valence-electron chi connectivity index (χ0n) is 22.7. The minimum absolute atomic E-state index is 0.0301. The molecule has 1 aromatic heterocycles. The van der Waals surface area contributed by atoms with E-state index in [2.05, 4.69) is 135 Å². The van der Waals surface area contributed by atoms with Crippen LogP contribution in [0.1, 0.15) is 48.9 Å². The highest BCUT2D eigenvalue weighted by Gasteiger charge is 2.41. The molecule has 2 nitrogen and oxygen atoms in total. The van der Waals surface area contributed by atoms with Crippen LogP contribution in [0.4, 0.5) is 17.1 Å². The van der Waals surface area contributed by atoms with Crippen LogP contribution in [0.15, 0.2) is 109 Å². The maximum Gasteiger partial charge on any atom is 0.0702 e. The van der Waals surface area contributed by atoms with Crippen molar-refractivity contribution < 1.29 is 0 Å². The highest BCUT2D eigenvalue weighted by Crippen LogP contribution is 2.54. The second kappa shape index (κ2) is 9.61. The van der Waals surface area contributed by atoms with E-state index in [-0.39, 0.29) is 5.41 Å². The Balaban J connectivity index is 1.52. The van der Waals surface area contributed by atoms with Gasteiger partial charge in [-0.2, -0.15) is 0 Å². The third kappa shape index (κ3) is 3.92. The van der Waals surface area contributed by atoms with Gasteiger partial charge in [-0.3, -0.25) is 4.98 Å². The van der Waals surface area contributed by atoms with Gasteiger partial charge in [0.1, 0.15) is 0 Å². The molecule has 0 bridgehead atoms. The van der Waals surface area contributed by atoms with E-state index >= 15 is 0 Å². The first-order valence-electron chi connectivity index (χ1n) is 13.7. The van der Waals surface area contributed by atoms with Crippen LogP contribution >= 0.6 is 0 Å². The molecular weight excluding hydrogens is 460 g/mol. The molecule has 0 fully saturated rings. The standard InChI is InChI=1S/C36H34N2/c1-5-36(6-2)33-23-27(35-9-7-8-22-37-35)14-20-31(33)32-21-19-30(24-34(32)36)38(28-15-10-25(3)11-16-28)29-17-12-26(4)13-18-29/h7-24H,5-6H2,1-4H3. The van der Waals surface area contributed by atoms with Crippen LogP contribution in [0.3, 0.4) is 0 Å². The summed E-state index contributed by atoms with van der Waals surface area (Å²) in [6, 6.07) is 37.8. The van der Waals surface area contributed by atoms with Crippen LogP contribution < -0.4 is 4.90 Å². The molecule has 6 rings (SSSR count). The quantitative estimate of drug-likeness (QED) is 0.233. The second-order valence-corrected chi connectivity index (χ2v) is 10.5. The molecule has 0 radical (unpaired) electrons. The van der Waals surface area contributed by atoms with Crippen LogP contribution in [0.2, 0.25) is 0 Å². The third-order valence-corrected chi connectivity index (χ3v) is 8.35. The van der Waals surface area contributed by atoms with E-state index in [1.165, 1.54) is 56.0 Å². The largest absolute Gasteiger partial charge is 0.310 e. The van der Waals surface area contributed by atoms with Gasteiger partial charge in [0.15, 0.2) is 0 Å². The monoisotopic (exact) mass is 494 g/mol. The van der Waals surface area contributed by atoms with Gasteiger partial charge in [-0.1, -0.05) is 73.5 Å². The lowest BCUT2D eigenvalue weighted by atomic mass is 9.73. The van der Waals surface area contributed by atoms with E-state index in [0.717, 1.165) is 18.5 Å². The maximum atomic E-state index is 4.63. The van der Waals surface area contributed by atoms with Crippen molar-refractivity contribution in [2.24, 2.45) is 0 Å². The molecule has 188 valence electrons. The Morgan fingerprint density at radius 3 is 1.71 bits per heavy atom. The summed E-state index contributed by atoms with van der Waals surface area (Å²) in [5.74, 6) is 0. The number of hydrogen-bond acceptors (Lipinski definition) is 2. The summed E-state index contributed by atoms with van der Waals surface area (Å²) < 4.78 is 0. The second-order valence-electron chi connectivity index (χ2n) is 10.5. The molecule has 0 saturated heterocycles. The van der Waals surface area contributed by atoms with Crippen molar-refractivity contribution in [3.8, 4) is 22.4 Å². The molecule has 2 heteroatoms. The van der Waals surface area contributed by atoms with Gasteiger partial charge in [-0.05, 0) is 104 Å². The number of aromatic nitrogens is 1. The Labute approximate surface area is 226 Å². The fourth-order valence-electron chi connectivity index (χ4n) is 6.16. The van der Waals surface area contributed by atoms with Crippen LogP contribution in [-0.2, 0) is 5.41 Å². The molecule has 0 saturated carbocycles. The van der Waals surface area contributed by atoms with Crippen LogP contribution in [0, 0.1) is 13.8 Å². The minimum atomic E-state index is -0.0301. The van der Waals surface area contributed by atoms with E-state index in [1.807, 2.05) is 12.3 Å². The number of fused-ring (bicyclic) bond motifs is 3. The Morgan fingerprint density at radius 2 is 1.16 bits per heavy atom. The van der Waals surface area contributed by atoms with E-state index < -0.39 is 0 Å². The Kier molecular flexibility index (Phi) is 6.12. The molecule has 38 heavy (non-hydrogen) atoms. The smallest absolute Gasteiger partial charge is 0.0702 e. The Hall–Kier alpha value is -4.17. The summed E-state index contributed by atoms with van der Waals surface area (Å²) in [5.41, 5.74) is 13.8. The van der Waals surface area contributed by atoms with Gasteiger partial charge in [0.25, 0.3) is 0 Å². The number of pyridine rings is 1. The van der Waals surface area contributed by atoms with Crippen molar-refractivity contribution in [3.05, 3.63) is 132 Å². The number of aryl methyl sites for hydroxylation is 2. The number of hydrogen-bond donors (Lipinski definition) is 0. The predicted octanol–water partition coefficient (Wildman–Crippen LogP) is 9.92. The van der Waals surface area contributed by atoms with Gasteiger partial charge in [-0.15, -0.1) is 0 Å². The fourth-order valence-corrected chi connectivity index (χ4v) is 6.16. The van der Waals surface area contributed by atoms with Crippen molar-refractivity contribution in [1.29, 1.82) is 0 Å². The summed E-state index contributed by atoms with van der Waals surface area (Å²) in [6.07, 6.45) is 3.97. The van der Waals surface area contributed by atoms with Crippen molar-refractivity contribution in [2.75, 3.05) is 4.90 Å². The van der Waals surface area contributed by atoms with Gasteiger partial charge in [0.2, 0.25) is 0 Å². The van der Waals surface area contributed by atoms with Gasteiger partial charge in [0, 0.05) is 34.2 Å². The molecule has 5 aromatic rings. The molecule has 0 N–H and O–H groups in total. The lowest BCUT2D eigenvalue weighted by Gasteiger charge is -2.32. The maximum absolute atomic E-state index is 4.63. The summed E-state index contributed by atoms with van der Waals surface area (Å²) in [7, 11) is 0. The van der Waals surface area contributed by atoms with E-state index in [9.17, 15) is 0 Å². The van der Waals surface area contributed by atoms with Crippen molar-refractivity contribution >= 4 is 17.1 Å².